The SMILES string of the molecule is C/C(=N\NC(=O)c1[nH]nc2c1CCc1ccccc1-2)c1cccc([N+](=O)[O-])c1.O. The smallest absolute Gasteiger partial charge is 0.289 e. The van der Waals surface area contributed by atoms with Crippen LogP contribution in [-0.2, 0) is 12.8 Å². The first-order valence-corrected chi connectivity index (χ1v) is 8.79. The highest BCUT2D eigenvalue weighted by molar-refractivity contribution is 6.01. The molecule has 0 aliphatic heterocycles. The van der Waals surface area contributed by atoms with Crippen molar-refractivity contribution in [2.45, 2.75) is 19.8 Å². The van der Waals surface area contributed by atoms with Crippen molar-refractivity contribution in [2.75, 3.05) is 0 Å². The first kappa shape index (κ1) is 19.9. The summed E-state index contributed by atoms with van der Waals surface area (Å²) in [5.41, 5.74) is 7.83. The summed E-state index contributed by atoms with van der Waals surface area (Å²) in [6, 6.07) is 14.1. The number of benzene rings is 2. The van der Waals surface area contributed by atoms with Gasteiger partial charge in [-0.25, -0.2) is 5.43 Å². The van der Waals surface area contributed by atoms with Crippen molar-refractivity contribution in [3.8, 4) is 11.3 Å². The maximum atomic E-state index is 12.6. The van der Waals surface area contributed by atoms with E-state index in [4.69, 9.17) is 0 Å². The lowest BCUT2D eigenvalue weighted by atomic mass is 9.89. The molecule has 148 valence electrons. The van der Waals surface area contributed by atoms with Crippen molar-refractivity contribution >= 4 is 17.3 Å². The number of carbonyl (C=O) groups excluding carboxylic acids is 1. The number of nitrogens with one attached hydrogen (secondary N) is 2. The van der Waals surface area contributed by atoms with E-state index < -0.39 is 10.8 Å². The van der Waals surface area contributed by atoms with E-state index in [1.807, 2.05) is 18.2 Å². The third kappa shape index (κ3) is 3.76. The molecule has 3 aromatic rings. The van der Waals surface area contributed by atoms with Crippen LogP contribution in [0, 0.1) is 10.1 Å². The summed E-state index contributed by atoms with van der Waals surface area (Å²) in [4.78, 5) is 23.0. The first-order chi connectivity index (χ1) is 13.5. The molecule has 0 saturated carbocycles. The van der Waals surface area contributed by atoms with Crippen molar-refractivity contribution < 1.29 is 15.2 Å². The quantitative estimate of drug-likeness (QED) is 0.398. The Morgan fingerprint density at radius 1 is 1.21 bits per heavy atom. The largest absolute Gasteiger partial charge is 0.412 e. The number of H-pyrrole nitrogens is 1. The van der Waals surface area contributed by atoms with Crippen molar-refractivity contribution in [1.82, 2.24) is 15.6 Å². The van der Waals surface area contributed by atoms with E-state index in [9.17, 15) is 14.9 Å². The zero-order valence-electron chi connectivity index (χ0n) is 15.6. The fourth-order valence-electron chi connectivity index (χ4n) is 3.35. The number of amides is 1. The van der Waals surface area contributed by atoms with Gasteiger partial charge in [0.05, 0.1) is 16.3 Å². The second-order valence-electron chi connectivity index (χ2n) is 6.53. The molecule has 0 saturated heterocycles. The van der Waals surface area contributed by atoms with Gasteiger partial charge >= 0.3 is 0 Å². The summed E-state index contributed by atoms with van der Waals surface area (Å²) in [5.74, 6) is -0.391. The molecule has 4 N–H and O–H groups in total. The summed E-state index contributed by atoms with van der Waals surface area (Å²) >= 11 is 0. The van der Waals surface area contributed by atoms with E-state index in [-0.39, 0.29) is 11.2 Å². The molecule has 1 aliphatic carbocycles. The van der Waals surface area contributed by atoms with Gasteiger partial charge in [-0.15, -0.1) is 0 Å². The van der Waals surface area contributed by atoms with E-state index in [0.29, 0.717) is 17.0 Å². The number of non-ortho nitro benzene ring substituents is 1. The summed E-state index contributed by atoms with van der Waals surface area (Å²) in [6.07, 6.45) is 1.57. The topological polar surface area (TPSA) is 145 Å². The molecule has 2 aromatic carbocycles. The molecule has 4 rings (SSSR count). The molecule has 1 aliphatic rings. The summed E-state index contributed by atoms with van der Waals surface area (Å²) < 4.78 is 0. The van der Waals surface area contributed by atoms with Crippen molar-refractivity contribution in [3.63, 3.8) is 0 Å². The van der Waals surface area contributed by atoms with E-state index in [1.165, 1.54) is 17.7 Å². The number of nitro benzene ring substituents is 1. The lowest BCUT2D eigenvalue weighted by Gasteiger charge is -2.15. The Kier molecular flexibility index (Phi) is 5.51. The van der Waals surface area contributed by atoms with Crippen LogP contribution in [0.4, 0.5) is 5.69 Å². The van der Waals surface area contributed by atoms with Crippen LogP contribution in [0.5, 0.6) is 0 Å². The minimum Gasteiger partial charge on any atom is -0.412 e. The van der Waals surface area contributed by atoms with Gasteiger partial charge in [0.15, 0.2) is 0 Å². The predicted octanol–water partition coefficient (Wildman–Crippen LogP) is 2.41. The van der Waals surface area contributed by atoms with E-state index in [0.717, 1.165) is 29.7 Å². The maximum Gasteiger partial charge on any atom is 0.289 e. The Morgan fingerprint density at radius 2 is 2.00 bits per heavy atom. The van der Waals surface area contributed by atoms with Gasteiger partial charge in [0.1, 0.15) is 5.69 Å². The second kappa shape index (κ2) is 8.03. The first-order valence-electron chi connectivity index (χ1n) is 8.79. The Labute approximate surface area is 165 Å². The highest BCUT2D eigenvalue weighted by Gasteiger charge is 2.24. The van der Waals surface area contributed by atoms with E-state index >= 15 is 0 Å². The van der Waals surface area contributed by atoms with Gasteiger partial charge in [-0.05, 0) is 25.3 Å². The summed E-state index contributed by atoms with van der Waals surface area (Å²) in [5, 5.41) is 22.1. The standard InChI is InChI=1S/C20H17N5O3.H2O/c1-12(14-6-4-7-15(11-14)25(27)28)21-24-20(26)19-17-10-9-13-5-2-3-8-16(13)18(17)22-23-19;/h2-8,11H,9-10H2,1H3,(H,22,23)(H,24,26);1H2/b21-12+;. The zero-order valence-corrected chi connectivity index (χ0v) is 15.6. The van der Waals surface area contributed by atoms with Gasteiger partial charge in [-0.1, -0.05) is 36.4 Å². The van der Waals surface area contributed by atoms with Gasteiger partial charge in [-0.2, -0.15) is 10.2 Å². The van der Waals surface area contributed by atoms with Crippen molar-refractivity contribution in [3.05, 3.63) is 81.0 Å². The fraction of sp³-hybridized carbons (Fsp3) is 0.150. The molecule has 0 bridgehead atoms. The minimum atomic E-state index is -0.468. The number of rotatable bonds is 4. The van der Waals surface area contributed by atoms with Crippen LogP contribution in [0.25, 0.3) is 11.3 Å². The molecule has 1 aromatic heterocycles. The number of aromatic amines is 1. The number of fused-ring (bicyclic) bond motifs is 3. The summed E-state index contributed by atoms with van der Waals surface area (Å²) in [6.45, 7) is 1.68. The molecular formula is C20H19N5O4. The van der Waals surface area contributed by atoms with Gasteiger partial charge in [0, 0.05) is 28.8 Å². The molecule has 1 amide bonds. The van der Waals surface area contributed by atoms with Crippen LogP contribution in [0.15, 0.2) is 53.6 Å². The second-order valence-corrected chi connectivity index (χ2v) is 6.53. The molecule has 0 atom stereocenters. The Bertz CT molecular complexity index is 1120. The number of carbonyl (C=O) groups is 1. The van der Waals surface area contributed by atoms with Crippen molar-refractivity contribution in [1.29, 1.82) is 0 Å². The molecule has 29 heavy (non-hydrogen) atoms. The maximum absolute atomic E-state index is 12.6. The van der Waals surface area contributed by atoms with E-state index in [2.05, 4.69) is 26.8 Å². The monoisotopic (exact) mass is 393 g/mol. The van der Waals surface area contributed by atoms with Gasteiger partial charge in [0.2, 0.25) is 0 Å². The number of nitro groups is 1. The van der Waals surface area contributed by atoms with Gasteiger partial charge in [-0.3, -0.25) is 20.0 Å². The Balaban J connectivity index is 0.00000240. The Morgan fingerprint density at radius 3 is 2.79 bits per heavy atom. The minimum absolute atomic E-state index is 0. The highest BCUT2D eigenvalue weighted by atomic mass is 16.6. The van der Waals surface area contributed by atoms with Crippen LogP contribution in [0.3, 0.4) is 0 Å². The van der Waals surface area contributed by atoms with Gasteiger partial charge < -0.3 is 5.48 Å². The lowest BCUT2D eigenvalue weighted by Crippen LogP contribution is -2.21. The van der Waals surface area contributed by atoms with Crippen LogP contribution < -0.4 is 5.43 Å². The highest BCUT2D eigenvalue weighted by Crippen LogP contribution is 2.33. The fourth-order valence-corrected chi connectivity index (χ4v) is 3.35. The predicted molar refractivity (Wildman–Crippen MR) is 108 cm³/mol. The molecule has 9 heteroatoms. The molecule has 0 fully saturated rings. The van der Waals surface area contributed by atoms with Crippen LogP contribution in [0.1, 0.15) is 34.1 Å². The molecule has 0 radical (unpaired) electrons. The number of hydrazone groups is 1. The van der Waals surface area contributed by atoms with Crippen LogP contribution in [0.2, 0.25) is 0 Å². The Hall–Kier alpha value is -3.85. The number of nitrogens with zero attached hydrogens (tertiary/aromatic N) is 3. The average Bonchev–Trinajstić information content (AvgIpc) is 3.16. The number of aryl methyl sites for hydroxylation is 1. The third-order valence-corrected chi connectivity index (χ3v) is 4.81. The number of aromatic nitrogens is 2. The zero-order chi connectivity index (χ0) is 19.7. The molecular weight excluding hydrogens is 374 g/mol. The van der Waals surface area contributed by atoms with Crippen molar-refractivity contribution in [2.24, 2.45) is 5.10 Å². The molecule has 0 unspecified atom stereocenters. The molecule has 0 spiro atoms. The average molecular weight is 393 g/mol. The normalized spacial score (nSPS) is 12.4. The molecule has 9 nitrogen and oxygen atoms in total. The van der Waals surface area contributed by atoms with E-state index in [1.54, 1.807) is 19.1 Å². The lowest BCUT2D eigenvalue weighted by molar-refractivity contribution is -0.384. The molecule has 1 heterocycles. The van der Waals surface area contributed by atoms with Gasteiger partial charge in [0.25, 0.3) is 11.6 Å². The third-order valence-electron chi connectivity index (χ3n) is 4.81. The summed E-state index contributed by atoms with van der Waals surface area (Å²) in [7, 11) is 0. The number of hydrogen-bond acceptors (Lipinski definition) is 5. The van der Waals surface area contributed by atoms with Crippen LogP contribution >= 0.6 is 0 Å². The van der Waals surface area contributed by atoms with Crippen LogP contribution in [-0.4, -0.2) is 32.2 Å². The number of hydrogen-bond donors (Lipinski definition) is 2.